The molecule has 7 nitrogen and oxygen atoms in total. The molecule has 1 aromatic carbocycles. The van der Waals surface area contributed by atoms with Crippen LogP contribution in [-0.2, 0) is 16.0 Å². The zero-order valence-corrected chi connectivity index (χ0v) is 16.1. The lowest BCUT2D eigenvalue weighted by atomic mass is 10.2. The standard InChI is InChI=1S/C21H26N4O3/c1-15-19-12-16(13-22-9-11-27-14-18-8-5-10-28-18)21(26)23-20(19)25(24-15)17-6-3-2-4-7-17/h2-4,6-7,12,18,22H,5,8-11,13-14H2,1H3,(H,23,26)/t18-/m1/s1. The quantitative estimate of drug-likeness (QED) is 0.585. The molecule has 2 aromatic heterocycles. The van der Waals surface area contributed by atoms with Crippen LogP contribution in [0.4, 0.5) is 0 Å². The molecule has 1 fully saturated rings. The SMILES string of the molecule is Cc1nn(-c2ccccc2)c2[nH]c(=O)c(CNCCOC[C@H]3CCCO3)cc12. The first-order valence-corrected chi connectivity index (χ1v) is 9.79. The maximum atomic E-state index is 12.5. The van der Waals surface area contributed by atoms with Gasteiger partial charge in [0.2, 0.25) is 0 Å². The average molecular weight is 382 g/mol. The van der Waals surface area contributed by atoms with E-state index in [0.717, 1.165) is 41.9 Å². The van der Waals surface area contributed by atoms with Gasteiger partial charge in [0.1, 0.15) is 5.65 Å². The molecule has 0 aliphatic carbocycles. The summed E-state index contributed by atoms with van der Waals surface area (Å²) in [6.07, 6.45) is 2.45. The fourth-order valence-corrected chi connectivity index (χ4v) is 3.51. The number of ether oxygens (including phenoxy) is 2. The Hall–Kier alpha value is -2.48. The summed E-state index contributed by atoms with van der Waals surface area (Å²) in [6.45, 7) is 5.22. The van der Waals surface area contributed by atoms with Crippen molar-refractivity contribution >= 4 is 11.0 Å². The minimum absolute atomic E-state index is 0.0997. The molecule has 1 atom stereocenters. The minimum Gasteiger partial charge on any atom is -0.377 e. The second-order valence-corrected chi connectivity index (χ2v) is 7.11. The highest BCUT2D eigenvalue weighted by Crippen LogP contribution is 2.19. The van der Waals surface area contributed by atoms with E-state index in [0.29, 0.717) is 31.9 Å². The number of pyridine rings is 1. The molecule has 1 aliphatic heterocycles. The predicted molar refractivity (Wildman–Crippen MR) is 108 cm³/mol. The van der Waals surface area contributed by atoms with Crippen LogP contribution in [0.3, 0.4) is 0 Å². The molecule has 2 N–H and O–H groups in total. The summed E-state index contributed by atoms with van der Waals surface area (Å²) in [6, 6.07) is 11.7. The Balaban J connectivity index is 1.39. The zero-order chi connectivity index (χ0) is 19.3. The largest absolute Gasteiger partial charge is 0.377 e. The Kier molecular flexibility index (Phi) is 5.85. The molecule has 0 bridgehead atoms. The highest BCUT2D eigenvalue weighted by Gasteiger charge is 2.15. The van der Waals surface area contributed by atoms with Gasteiger partial charge in [-0.05, 0) is 38.0 Å². The lowest BCUT2D eigenvalue weighted by Crippen LogP contribution is -2.25. The monoisotopic (exact) mass is 382 g/mol. The summed E-state index contributed by atoms with van der Waals surface area (Å²) in [5.41, 5.74) is 3.12. The molecule has 1 aliphatic rings. The summed E-state index contributed by atoms with van der Waals surface area (Å²) < 4.78 is 13.0. The van der Waals surface area contributed by atoms with Crippen molar-refractivity contribution in [1.29, 1.82) is 0 Å². The van der Waals surface area contributed by atoms with E-state index in [1.165, 1.54) is 0 Å². The van der Waals surface area contributed by atoms with E-state index < -0.39 is 0 Å². The number of hydrogen-bond acceptors (Lipinski definition) is 5. The normalized spacial score (nSPS) is 16.8. The van der Waals surface area contributed by atoms with Crippen molar-refractivity contribution in [3.8, 4) is 5.69 Å². The van der Waals surface area contributed by atoms with E-state index in [1.54, 1.807) is 4.68 Å². The summed E-state index contributed by atoms with van der Waals surface area (Å²) >= 11 is 0. The fourth-order valence-electron chi connectivity index (χ4n) is 3.51. The molecular formula is C21H26N4O3. The Labute approximate surface area is 163 Å². The number of aromatic nitrogens is 3. The number of fused-ring (bicyclic) bond motifs is 1. The third kappa shape index (κ3) is 4.16. The maximum absolute atomic E-state index is 12.5. The Morgan fingerprint density at radius 1 is 1.36 bits per heavy atom. The number of para-hydroxylation sites is 1. The van der Waals surface area contributed by atoms with E-state index in [2.05, 4.69) is 15.4 Å². The minimum atomic E-state index is -0.0997. The van der Waals surface area contributed by atoms with Crippen molar-refractivity contribution in [3.05, 3.63) is 58.0 Å². The van der Waals surface area contributed by atoms with Crippen LogP contribution in [0.25, 0.3) is 16.7 Å². The Morgan fingerprint density at radius 3 is 3.00 bits per heavy atom. The van der Waals surface area contributed by atoms with Crippen molar-refractivity contribution in [1.82, 2.24) is 20.1 Å². The van der Waals surface area contributed by atoms with Crippen molar-refractivity contribution in [2.24, 2.45) is 0 Å². The van der Waals surface area contributed by atoms with Gasteiger partial charge in [0.05, 0.1) is 30.7 Å². The van der Waals surface area contributed by atoms with Crippen LogP contribution < -0.4 is 10.9 Å². The lowest BCUT2D eigenvalue weighted by Gasteiger charge is -2.10. The topological polar surface area (TPSA) is 81.2 Å². The molecule has 7 heteroatoms. The summed E-state index contributed by atoms with van der Waals surface area (Å²) in [5.74, 6) is 0. The molecule has 4 rings (SSSR count). The first-order chi connectivity index (χ1) is 13.7. The summed E-state index contributed by atoms with van der Waals surface area (Å²) in [4.78, 5) is 15.5. The molecule has 0 spiro atoms. The van der Waals surface area contributed by atoms with Gasteiger partial charge in [-0.3, -0.25) is 4.79 Å². The Bertz CT molecular complexity index is 974. The molecule has 0 saturated carbocycles. The van der Waals surface area contributed by atoms with Crippen molar-refractivity contribution in [2.45, 2.75) is 32.4 Å². The molecule has 0 amide bonds. The van der Waals surface area contributed by atoms with Crippen LogP contribution in [0, 0.1) is 6.92 Å². The number of rotatable bonds is 8. The number of benzene rings is 1. The number of aromatic amines is 1. The van der Waals surface area contributed by atoms with E-state index >= 15 is 0 Å². The van der Waals surface area contributed by atoms with Gasteiger partial charge < -0.3 is 19.8 Å². The molecule has 28 heavy (non-hydrogen) atoms. The highest BCUT2D eigenvalue weighted by molar-refractivity contribution is 5.80. The van der Waals surface area contributed by atoms with Gasteiger partial charge in [0, 0.05) is 30.6 Å². The second-order valence-electron chi connectivity index (χ2n) is 7.11. The van der Waals surface area contributed by atoms with Gasteiger partial charge in [-0.15, -0.1) is 0 Å². The number of aryl methyl sites for hydroxylation is 1. The molecule has 3 heterocycles. The van der Waals surface area contributed by atoms with Crippen LogP contribution in [0.15, 0.2) is 41.2 Å². The van der Waals surface area contributed by atoms with Gasteiger partial charge in [0.25, 0.3) is 5.56 Å². The number of H-pyrrole nitrogens is 1. The summed E-state index contributed by atoms with van der Waals surface area (Å²) in [7, 11) is 0. The van der Waals surface area contributed by atoms with E-state index in [1.807, 2.05) is 43.3 Å². The molecule has 148 valence electrons. The molecule has 1 saturated heterocycles. The first-order valence-electron chi connectivity index (χ1n) is 9.79. The zero-order valence-electron chi connectivity index (χ0n) is 16.1. The van der Waals surface area contributed by atoms with Crippen molar-refractivity contribution in [2.75, 3.05) is 26.4 Å². The van der Waals surface area contributed by atoms with Gasteiger partial charge in [0.15, 0.2) is 0 Å². The third-order valence-electron chi connectivity index (χ3n) is 5.02. The molecule has 0 unspecified atom stereocenters. The van der Waals surface area contributed by atoms with E-state index in [9.17, 15) is 4.79 Å². The number of hydrogen-bond donors (Lipinski definition) is 2. The van der Waals surface area contributed by atoms with E-state index in [4.69, 9.17) is 9.47 Å². The van der Waals surface area contributed by atoms with Crippen LogP contribution in [-0.4, -0.2) is 47.2 Å². The van der Waals surface area contributed by atoms with Crippen LogP contribution in [0.2, 0.25) is 0 Å². The van der Waals surface area contributed by atoms with Gasteiger partial charge >= 0.3 is 0 Å². The fraction of sp³-hybridized carbons (Fsp3) is 0.429. The van der Waals surface area contributed by atoms with Gasteiger partial charge in [-0.25, -0.2) is 4.68 Å². The molecular weight excluding hydrogens is 356 g/mol. The predicted octanol–water partition coefficient (Wildman–Crippen LogP) is 2.31. The third-order valence-corrected chi connectivity index (χ3v) is 5.02. The average Bonchev–Trinajstić information content (AvgIpc) is 3.33. The number of nitrogens with one attached hydrogen (secondary N) is 2. The molecule has 0 radical (unpaired) electrons. The van der Waals surface area contributed by atoms with E-state index in [-0.39, 0.29) is 11.7 Å². The summed E-state index contributed by atoms with van der Waals surface area (Å²) in [5, 5.41) is 8.83. The van der Waals surface area contributed by atoms with Crippen molar-refractivity contribution < 1.29 is 9.47 Å². The van der Waals surface area contributed by atoms with Crippen LogP contribution in [0.5, 0.6) is 0 Å². The highest BCUT2D eigenvalue weighted by atomic mass is 16.5. The van der Waals surface area contributed by atoms with Crippen LogP contribution >= 0.6 is 0 Å². The second kappa shape index (κ2) is 8.68. The smallest absolute Gasteiger partial charge is 0.254 e. The lowest BCUT2D eigenvalue weighted by molar-refractivity contribution is 0.0183. The van der Waals surface area contributed by atoms with Gasteiger partial charge in [-0.2, -0.15) is 5.10 Å². The van der Waals surface area contributed by atoms with Crippen molar-refractivity contribution in [3.63, 3.8) is 0 Å². The van der Waals surface area contributed by atoms with Crippen LogP contribution in [0.1, 0.15) is 24.1 Å². The Morgan fingerprint density at radius 2 is 2.21 bits per heavy atom. The molecule has 3 aromatic rings. The van der Waals surface area contributed by atoms with Gasteiger partial charge in [-0.1, -0.05) is 18.2 Å². The maximum Gasteiger partial charge on any atom is 0.254 e. The first kappa shape index (κ1) is 18.9. The number of nitrogens with zero attached hydrogens (tertiary/aromatic N) is 2.